The Morgan fingerprint density at radius 2 is 1.77 bits per heavy atom. The van der Waals surface area contributed by atoms with Gasteiger partial charge in [-0.1, -0.05) is 17.9 Å². The fourth-order valence-electron chi connectivity index (χ4n) is 6.99. The fraction of sp³-hybridized carbons (Fsp3) is 0.406. The van der Waals surface area contributed by atoms with Gasteiger partial charge in [-0.05, 0) is 62.7 Å². The van der Waals surface area contributed by atoms with Crippen LogP contribution in [-0.4, -0.2) is 91.1 Å². The van der Waals surface area contributed by atoms with Crippen molar-refractivity contribution in [3.8, 4) is 23.3 Å². The molecule has 0 aliphatic heterocycles. The number of primary amides is 1. The highest BCUT2D eigenvalue weighted by atomic mass is 16.5. The molecule has 2 aromatic carbocycles. The fourth-order valence-corrected chi connectivity index (χ4v) is 6.99. The number of fused-ring (bicyclic) bond motifs is 3. The molecule has 224 valence electrons. The molecule has 3 aliphatic carbocycles. The van der Waals surface area contributed by atoms with Gasteiger partial charge in [0, 0.05) is 31.3 Å². The number of hydrogen-bond donors (Lipinski definition) is 3. The smallest absolute Gasteiger partial charge is 0.235 e. The number of methoxy groups -OCH3 is 1. The number of ether oxygens (including phenoxy) is 1. The normalized spacial score (nSPS) is 27.9. The van der Waals surface area contributed by atoms with Crippen molar-refractivity contribution in [2.45, 2.75) is 24.5 Å². The average Bonchev–Trinajstić information content (AvgIpc) is 2.94. The summed E-state index contributed by atoms with van der Waals surface area (Å²) in [6.45, 7) is 0. The van der Waals surface area contributed by atoms with E-state index in [1.165, 1.54) is 12.0 Å². The first-order valence-electron chi connectivity index (χ1n) is 13.8. The van der Waals surface area contributed by atoms with Crippen LogP contribution in [0.5, 0.6) is 11.5 Å². The maximum Gasteiger partial charge on any atom is 0.235 e. The van der Waals surface area contributed by atoms with Crippen molar-refractivity contribution in [2.75, 3.05) is 40.2 Å². The lowest BCUT2D eigenvalue weighted by atomic mass is 9.52. The number of carbonyl (C=O) groups is 5. The van der Waals surface area contributed by atoms with Gasteiger partial charge in [-0.15, -0.1) is 0 Å². The summed E-state index contributed by atoms with van der Waals surface area (Å²) in [5.74, 6) is -4.49. The molecule has 43 heavy (non-hydrogen) atoms. The maximum atomic E-state index is 14.1. The molecule has 6 atom stereocenters. The number of nitrogens with zero attached hydrogens (tertiary/aromatic N) is 2. The van der Waals surface area contributed by atoms with Gasteiger partial charge < -0.3 is 25.6 Å². The molecule has 3 aliphatic rings. The molecule has 2 fully saturated rings. The number of rotatable bonds is 4. The third-order valence-electron chi connectivity index (χ3n) is 8.93. The molecule has 0 heterocycles. The number of benzene rings is 2. The summed E-state index contributed by atoms with van der Waals surface area (Å²) in [4.78, 5) is 70.3. The van der Waals surface area contributed by atoms with Crippen LogP contribution in [0.4, 0.5) is 5.69 Å². The Hall–Kier alpha value is -4.53. The summed E-state index contributed by atoms with van der Waals surface area (Å²) >= 11 is 0. The predicted molar refractivity (Wildman–Crippen MR) is 155 cm³/mol. The predicted octanol–water partition coefficient (Wildman–Crippen LogP) is 0.341. The standard InChI is InChI=1S/C32H33N3O8/c1-34(2)21-14-16(10-9-15-7-6-8-18(11-15)43-5)26(36)23-19(21)12-17-13-20-25(35(3)4)28(38)24(31(33)41)30(40)32(20,42)29(39)22(17)27(23)37/h6-8,11,14,17,20,22,24-25,36,42H,12-13H2,1-5H3,(H2,33,41). The number of amides is 1. The Morgan fingerprint density at radius 3 is 2.37 bits per heavy atom. The van der Waals surface area contributed by atoms with Gasteiger partial charge in [0.1, 0.15) is 11.5 Å². The van der Waals surface area contributed by atoms with Crippen molar-refractivity contribution in [3.05, 3.63) is 52.6 Å². The molecule has 0 bridgehead atoms. The average molecular weight is 588 g/mol. The Kier molecular flexibility index (Phi) is 7.40. The van der Waals surface area contributed by atoms with Crippen molar-refractivity contribution < 1.29 is 38.9 Å². The summed E-state index contributed by atoms with van der Waals surface area (Å²) in [5.41, 5.74) is 4.37. The minimum Gasteiger partial charge on any atom is -0.506 e. The van der Waals surface area contributed by atoms with Crippen molar-refractivity contribution >= 4 is 34.7 Å². The number of aliphatic hydroxyl groups is 1. The van der Waals surface area contributed by atoms with E-state index < -0.39 is 70.1 Å². The Morgan fingerprint density at radius 1 is 1.07 bits per heavy atom. The van der Waals surface area contributed by atoms with Gasteiger partial charge in [-0.2, -0.15) is 0 Å². The molecule has 0 radical (unpaired) electrons. The highest BCUT2D eigenvalue weighted by Gasteiger charge is 2.69. The van der Waals surface area contributed by atoms with Crippen LogP contribution in [0.25, 0.3) is 0 Å². The molecular formula is C32H33N3O8. The second-order valence-corrected chi connectivity index (χ2v) is 11.8. The molecule has 4 N–H and O–H groups in total. The molecule has 0 saturated heterocycles. The molecule has 11 nitrogen and oxygen atoms in total. The van der Waals surface area contributed by atoms with Crippen LogP contribution in [0.2, 0.25) is 0 Å². The van der Waals surface area contributed by atoms with Gasteiger partial charge in [0.15, 0.2) is 34.7 Å². The molecular weight excluding hydrogens is 554 g/mol. The highest BCUT2D eigenvalue weighted by Crippen LogP contribution is 2.52. The van der Waals surface area contributed by atoms with Crippen LogP contribution >= 0.6 is 0 Å². The van der Waals surface area contributed by atoms with Crippen molar-refractivity contribution in [1.82, 2.24) is 4.90 Å². The Bertz CT molecular complexity index is 1650. The maximum absolute atomic E-state index is 14.1. The van der Waals surface area contributed by atoms with Crippen LogP contribution < -0.4 is 15.4 Å². The molecule has 2 aromatic rings. The number of aromatic hydroxyl groups is 1. The number of Topliss-reactive ketones (excluding diaryl/α,β-unsaturated/α-hetero) is 4. The second kappa shape index (κ2) is 10.6. The first kappa shape index (κ1) is 29.9. The van der Waals surface area contributed by atoms with Crippen LogP contribution in [0.3, 0.4) is 0 Å². The third-order valence-corrected chi connectivity index (χ3v) is 8.93. The zero-order valence-corrected chi connectivity index (χ0v) is 24.5. The molecule has 2 saturated carbocycles. The minimum atomic E-state index is -2.78. The number of phenols is 1. The van der Waals surface area contributed by atoms with Gasteiger partial charge in [0.2, 0.25) is 5.91 Å². The number of likely N-dealkylation sites (N-methyl/N-ethyl adjacent to an activating group) is 1. The van der Waals surface area contributed by atoms with E-state index in [-0.39, 0.29) is 24.0 Å². The summed E-state index contributed by atoms with van der Waals surface area (Å²) in [6.07, 6.45) is 0.144. The lowest BCUT2D eigenvalue weighted by molar-refractivity contribution is -0.181. The van der Waals surface area contributed by atoms with Crippen LogP contribution in [0, 0.1) is 35.5 Å². The van der Waals surface area contributed by atoms with E-state index in [2.05, 4.69) is 11.8 Å². The van der Waals surface area contributed by atoms with E-state index in [1.54, 1.807) is 63.4 Å². The number of anilines is 1. The van der Waals surface area contributed by atoms with E-state index in [0.29, 0.717) is 22.6 Å². The summed E-state index contributed by atoms with van der Waals surface area (Å²) < 4.78 is 5.24. The molecule has 1 amide bonds. The van der Waals surface area contributed by atoms with Crippen molar-refractivity contribution in [3.63, 3.8) is 0 Å². The molecule has 0 spiro atoms. The number of hydrogen-bond acceptors (Lipinski definition) is 10. The monoisotopic (exact) mass is 587 g/mol. The number of carbonyl (C=O) groups excluding carboxylic acids is 5. The van der Waals surface area contributed by atoms with Crippen molar-refractivity contribution in [1.29, 1.82) is 0 Å². The van der Waals surface area contributed by atoms with Gasteiger partial charge in [-0.3, -0.25) is 28.9 Å². The number of ketones is 4. The van der Waals surface area contributed by atoms with Gasteiger partial charge in [0.05, 0.1) is 30.2 Å². The van der Waals surface area contributed by atoms with Crippen LogP contribution in [0.1, 0.15) is 33.5 Å². The quantitative estimate of drug-likeness (QED) is 0.335. The van der Waals surface area contributed by atoms with Gasteiger partial charge in [0.25, 0.3) is 0 Å². The van der Waals surface area contributed by atoms with Gasteiger partial charge >= 0.3 is 0 Å². The third kappa shape index (κ3) is 4.49. The lowest BCUT2D eigenvalue weighted by Gasteiger charge is -2.52. The SMILES string of the molecule is COc1cccc(C#Cc2cc(N(C)C)c3c(c2O)C(=O)C2C(=O)C4(O)C(=O)C(C(N)=O)C(=O)C(N(C)C)C4CC2C3)c1. The second-order valence-electron chi connectivity index (χ2n) is 11.8. The molecule has 6 unspecified atom stereocenters. The molecule has 11 heteroatoms. The summed E-state index contributed by atoms with van der Waals surface area (Å²) in [5, 5.41) is 23.1. The van der Waals surface area contributed by atoms with Crippen LogP contribution in [-0.2, 0) is 25.6 Å². The Labute approximate surface area is 248 Å². The molecule has 0 aromatic heterocycles. The van der Waals surface area contributed by atoms with E-state index in [4.69, 9.17) is 10.5 Å². The number of nitrogens with two attached hydrogens (primary N) is 1. The minimum absolute atomic E-state index is 0.0189. The number of phenolic OH excluding ortho intramolecular Hbond substituents is 1. The summed E-state index contributed by atoms with van der Waals surface area (Å²) in [7, 11) is 8.17. The summed E-state index contributed by atoms with van der Waals surface area (Å²) in [6, 6.07) is 7.52. The molecule has 5 rings (SSSR count). The largest absolute Gasteiger partial charge is 0.506 e. The lowest BCUT2D eigenvalue weighted by Crippen LogP contribution is -2.74. The zero-order valence-electron chi connectivity index (χ0n) is 24.5. The first-order chi connectivity index (χ1) is 20.2. The van der Waals surface area contributed by atoms with E-state index in [0.717, 1.165) is 0 Å². The van der Waals surface area contributed by atoms with E-state index >= 15 is 0 Å². The van der Waals surface area contributed by atoms with Crippen LogP contribution in [0.15, 0.2) is 30.3 Å². The van der Waals surface area contributed by atoms with Gasteiger partial charge in [-0.25, -0.2) is 0 Å². The first-order valence-corrected chi connectivity index (χ1v) is 13.8. The van der Waals surface area contributed by atoms with E-state index in [9.17, 15) is 34.2 Å². The zero-order chi connectivity index (χ0) is 31.5. The van der Waals surface area contributed by atoms with Crippen molar-refractivity contribution in [2.24, 2.45) is 29.4 Å². The van der Waals surface area contributed by atoms with E-state index in [1.807, 2.05) is 0 Å². The Balaban J connectivity index is 1.64. The topological polar surface area (TPSA) is 168 Å². The highest BCUT2D eigenvalue weighted by molar-refractivity contribution is 6.32.